The summed E-state index contributed by atoms with van der Waals surface area (Å²) < 4.78 is 28.4. The van der Waals surface area contributed by atoms with Crippen molar-refractivity contribution in [3.8, 4) is 11.8 Å². The van der Waals surface area contributed by atoms with Crippen molar-refractivity contribution in [1.29, 1.82) is 0 Å². The van der Waals surface area contributed by atoms with Crippen molar-refractivity contribution >= 4 is 10.1 Å². The third-order valence-corrected chi connectivity index (χ3v) is 3.49. The molecule has 0 fully saturated rings. The molecule has 4 heteroatoms. The Morgan fingerprint density at radius 2 is 1.83 bits per heavy atom. The summed E-state index contributed by atoms with van der Waals surface area (Å²) in [4.78, 5) is 0.185. The molecule has 1 aromatic rings. The largest absolute Gasteiger partial charge is 0.297 e. The molecule has 1 rings (SSSR count). The quantitative estimate of drug-likeness (QED) is 0.478. The summed E-state index contributed by atoms with van der Waals surface area (Å²) in [7, 11) is -3.65. The zero-order valence-corrected chi connectivity index (χ0v) is 11.8. The van der Waals surface area contributed by atoms with E-state index in [1.54, 1.807) is 24.3 Å². The SMILES string of the molecule is Cc1ccc(S(=O)(=O)OCCC#CC(C)C)cc1. The van der Waals surface area contributed by atoms with E-state index in [4.69, 9.17) is 4.18 Å². The van der Waals surface area contributed by atoms with E-state index in [1.165, 1.54) is 0 Å². The van der Waals surface area contributed by atoms with Crippen molar-refractivity contribution in [1.82, 2.24) is 0 Å². The van der Waals surface area contributed by atoms with Gasteiger partial charge in [0.1, 0.15) is 0 Å². The van der Waals surface area contributed by atoms with Gasteiger partial charge in [-0.05, 0) is 19.1 Å². The molecular weight excluding hydrogens is 248 g/mol. The van der Waals surface area contributed by atoms with Gasteiger partial charge < -0.3 is 0 Å². The van der Waals surface area contributed by atoms with Crippen LogP contribution in [0.1, 0.15) is 25.8 Å². The first-order valence-electron chi connectivity index (χ1n) is 5.86. The van der Waals surface area contributed by atoms with Crippen LogP contribution in [0.4, 0.5) is 0 Å². The van der Waals surface area contributed by atoms with E-state index >= 15 is 0 Å². The van der Waals surface area contributed by atoms with Crippen LogP contribution in [0.5, 0.6) is 0 Å². The van der Waals surface area contributed by atoms with Crippen LogP contribution >= 0.6 is 0 Å². The molecule has 0 radical (unpaired) electrons. The summed E-state index contributed by atoms with van der Waals surface area (Å²) in [5.74, 6) is 6.12. The fourth-order valence-electron chi connectivity index (χ4n) is 1.25. The highest BCUT2D eigenvalue weighted by molar-refractivity contribution is 7.86. The van der Waals surface area contributed by atoms with E-state index in [1.807, 2.05) is 20.8 Å². The molecule has 0 saturated heterocycles. The summed E-state index contributed by atoms with van der Waals surface area (Å²) >= 11 is 0. The smallest absolute Gasteiger partial charge is 0.265 e. The van der Waals surface area contributed by atoms with E-state index in [0.717, 1.165) is 5.56 Å². The van der Waals surface area contributed by atoms with Gasteiger partial charge in [-0.1, -0.05) is 31.5 Å². The second-order valence-electron chi connectivity index (χ2n) is 4.31. The third kappa shape index (κ3) is 4.91. The van der Waals surface area contributed by atoms with E-state index in [2.05, 4.69) is 11.8 Å². The number of aryl methyl sites for hydroxylation is 1. The Balaban J connectivity index is 2.56. The van der Waals surface area contributed by atoms with Gasteiger partial charge in [-0.25, -0.2) is 0 Å². The molecule has 18 heavy (non-hydrogen) atoms. The Kier molecular flexibility index (Phi) is 5.39. The van der Waals surface area contributed by atoms with Crippen LogP contribution in [0.2, 0.25) is 0 Å². The predicted molar refractivity (Wildman–Crippen MR) is 71.5 cm³/mol. The van der Waals surface area contributed by atoms with E-state index in [9.17, 15) is 8.42 Å². The lowest BCUT2D eigenvalue weighted by molar-refractivity contribution is 0.326. The number of hydrogen-bond acceptors (Lipinski definition) is 3. The third-order valence-electron chi connectivity index (χ3n) is 2.17. The summed E-state index contributed by atoms with van der Waals surface area (Å²) in [6.07, 6.45) is 0.420. The van der Waals surface area contributed by atoms with Crippen LogP contribution in [0.15, 0.2) is 29.2 Å². The van der Waals surface area contributed by atoms with E-state index < -0.39 is 10.1 Å². The molecule has 0 bridgehead atoms. The number of hydrogen-bond donors (Lipinski definition) is 0. The normalized spacial score (nSPS) is 11.1. The van der Waals surface area contributed by atoms with Crippen LogP contribution in [0.25, 0.3) is 0 Å². The molecule has 0 aliphatic heterocycles. The zero-order valence-electron chi connectivity index (χ0n) is 10.9. The minimum absolute atomic E-state index is 0.0932. The van der Waals surface area contributed by atoms with Crippen molar-refractivity contribution in [3.05, 3.63) is 29.8 Å². The first kappa shape index (κ1) is 14.7. The van der Waals surface area contributed by atoms with Gasteiger partial charge >= 0.3 is 0 Å². The average molecular weight is 266 g/mol. The lowest BCUT2D eigenvalue weighted by atomic mass is 10.2. The van der Waals surface area contributed by atoms with Crippen LogP contribution in [0, 0.1) is 24.7 Å². The Morgan fingerprint density at radius 3 is 2.39 bits per heavy atom. The van der Waals surface area contributed by atoms with Gasteiger partial charge in [0.2, 0.25) is 0 Å². The standard InChI is InChI=1S/C14H18O3S/c1-12(2)6-4-5-11-17-18(15,16)14-9-7-13(3)8-10-14/h7-10,12H,5,11H2,1-3H3. The van der Waals surface area contributed by atoms with E-state index in [0.29, 0.717) is 12.3 Å². The van der Waals surface area contributed by atoms with Crippen LogP contribution < -0.4 is 0 Å². The van der Waals surface area contributed by atoms with Gasteiger partial charge in [0.25, 0.3) is 10.1 Å². The molecular formula is C14H18O3S. The van der Waals surface area contributed by atoms with Gasteiger partial charge in [0.05, 0.1) is 11.5 Å². The van der Waals surface area contributed by atoms with Gasteiger partial charge in [0.15, 0.2) is 0 Å². The Hall–Kier alpha value is -1.31. The van der Waals surface area contributed by atoms with Crippen molar-refractivity contribution in [2.24, 2.45) is 5.92 Å². The van der Waals surface area contributed by atoms with Crippen LogP contribution in [-0.2, 0) is 14.3 Å². The molecule has 0 saturated carbocycles. The van der Waals surface area contributed by atoms with Crippen molar-refractivity contribution in [2.75, 3.05) is 6.61 Å². The first-order chi connectivity index (χ1) is 8.42. The molecule has 0 amide bonds. The van der Waals surface area contributed by atoms with Crippen molar-refractivity contribution in [2.45, 2.75) is 32.1 Å². The Morgan fingerprint density at radius 1 is 1.22 bits per heavy atom. The zero-order chi connectivity index (χ0) is 13.6. The maximum atomic E-state index is 11.8. The van der Waals surface area contributed by atoms with Crippen LogP contribution in [0.3, 0.4) is 0 Å². The highest BCUT2D eigenvalue weighted by Crippen LogP contribution is 2.13. The first-order valence-corrected chi connectivity index (χ1v) is 7.27. The molecule has 0 heterocycles. The highest BCUT2D eigenvalue weighted by atomic mass is 32.2. The highest BCUT2D eigenvalue weighted by Gasteiger charge is 2.13. The minimum Gasteiger partial charge on any atom is -0.265 e. The lowest BCUT2D eigenvalue weighted by Gasteiger charge is -2.04. The molecule has 0 aliphatic carbocycles. The number of benzene rings is 1. The van der Waals surface area contributed by atoms with Crippen LogP contribution in [-0.4, -0.2) is 15.0 Å². The summed E-state index contributed by atoms with van der Waals surface area (Å²) in [5.41, 5.74) is 1.01. The number of rotatable bonds is 4. The second kappa shape index (κ2) is 6.58. The Labute approximate surface area is 109 Å². The predicted octanol–water partition coefficient (Wildman–Crippen LogP) is 2.75. The maximum Gasteiger partial charge on any atom is 0.297 e. The molecule has 98 valence electrons. The fraction of sp³-hybridized carbons (Fsp3) is 0.429. The van der Waals surface area contributed by atoms with Gasteiger partial charge in [-0.15, -0.1) is 11.8 Å². The van der Waals surface area contributed by atoms with Crippen molar-refractivity contribution in [3.63, 3.8) is 0 Å². The summed E-state index contributed by atoms with van der Waals surface area (Å²) in [5, 5.41) is 0. The Bertz CT molecular complexity index is 531. The van der Waals surface area contributed by atoms with Gasteiger partial charge in [0, 0.05) is 12.3 Å². The van der Waals surface area contributed by atoms with E-state index in [-0.39, 0.29) is 11.5 Å². The fourth-order valence-corrected chi connectivity index (χ4v) is 2.16. The minimum atomic E-state index is -3.65. The van der Waals surface area contributed by atoms with Gasteiger partial charge in [-0.3, -0.25) is 4.18 Å². The molecule has 0 spiro atoms. The monoisotopic (exact) mass is 266 g/mol. The molecule has 0 atom stereocenters. The maximum absolute atomic E-state index is 11.8. The second-order valence-corrected chi connectivity index (χ2v) is 5.93. The molecule has 0 unspecified atom stereocenters. The molecule has 0 aromatic heterocycles. The summed E-state index contributed by atoms with van der Waals surface area (Å²) in [6.45, 7) is 5.96. The molecule has 0 N–H and O–H groups in total. The molecule has 1 aromatic carbocycles. The van der Waals surface area contributed by atoms with Crippen molar-refractivity contribution < 1.29 is 12.6 Å². The lowest BCUT2D eigenvalue weighted by Crippen LogP contribution is -2.07. The van der Waals surface area contributed by atoms with Gasteiger partial charge in [-0.2, -0.15) is 8.42 Å². The molecule has 0 aliphatic rings. The summed E-state index contributed by atoms with van der Waals surface area (Å²) in [6, 6.07) is 6.58. The molecule has 3 nitrogen and oxygen atoms in total. The average Bonchev–Trinajstić information content (AvgIpc) is 2.28. The topological polar surface area (TPSA) is 43.4 Å².